The molecule has 0 atom stereocenters. The van der Waals surface area contributed by atoms with Crippen LogP contribution in [0.2, 0.25) is 0 Å². The number of hydrogen-bond donors (Lipinski definition) is 1. The Labute approximate surface area is 147 Å². The van der Waals surface area contributed by atoms with E-state index in [1.165, 1.54) is 11.8 Å². The van der Waals surface area contributed by atoms with E-state index in [0.29, 0.717) is 16.3 Å². The number of aromatic nitrogens is 2. The highest BCUT2D eigenvalue weighted by molar-refractivity contribution is 7.99. The van der Waals surface area contributed by atoms with E-state index in [4.69, 9.17) is 0 Å². The Kier molecular flexibility index (Phi) is 3.95. The average Bonchev–Trinajstić information content (AvgIpc) is 3.07. The molecule has 122 valence electrons. The molecule has 4 aromatic rings. The summed E-state index contributed by atoms with van der Waals surface area (Å²) in [5.74, 6) is 0.626. The van der Waals surface area contributed by atoms with Gasteiger partial charge in [0.25, 0.3) is 5.69 Å². The van der Waals surface area contributed by atoms with Gasteiger partial charge in [-0.15, -0.1) is 0 Å². The summed E-state index contributed by atoms with van der Waals surface area (Å²) in [7, 11) is 0. The fraction of sp³-hybridized carbons (Fsp3) is 0. The van der Waals surface area contributed by atoms with Gasteiger partial charge in [-0.1, -0.05) is 42.1 Å². The molecule has 1 heterocycles. The Balaban J connectivity index is 1.75. The number of aromatic amines is 1. The molecule has 4 rings (SSSR count). The van der Waals surface area contributed by atoms with Gasteiger partial charge in [0, 0.05) is 16.5 Å². The summed E-state index contributed by atoms with van der Waals surface area (Å²) in [6.07, 6.45) is 0. The number of nitrogens with zero attached hydrogens (tertiary/aromatic N) is 2. The molecule has 5 nitrogen and oxygen atoms in total. The smallest absolute Gasteiger partial charge is 0.283 e. The van der Waals surface area contributed by atoms with Gasteiger partial charge in [-0.05, 0) is 36.4 Å². The third-order valence-electron chi connectivity index (χ3n) is 3.79. The van der Waals surface area contributed by atoms with Crippen LogP contribution >= 0.6 is 11.8 Å². The molecular weight excluding hydrogens is 334 g/mol. The van der Waals surface area contributed by atoms with Crippen molar-refractivity contribution in [2.24, 2.45) is 0 Å². The van der Waals surface area contributed by atoms with Crippen molar-refractivity contribution in [3.05, 3.63) is 82.9 Å². The second-order valence-electron chi connectivity index (χ2n) is 5.46. The molecule has 0 aliphatic heterocycles. The zero-order valence-electron chi connectivity index (χ0n) is 13.0. The Morgan fingerprint density at radius 2 is 1.72 bits per heavy atom. The number of hydrogen-bond acceptors (Lipinski definition) is 4. The number of nitro groups is 1. The van der Waals surface area contributed by atoms with E-state index in [-0.39, 0.29) is 10.6 Å². The summed E-state index contributed by atoms with van der Waals surface area (Å²) in [5.41, 5.74) is 2.51. The second kappa shape index (κ2) is 6.41. The number of nitrogens with one attached hydrogen (secondary N) is 1. The minimum absolute atomic E-state index is 0.0757. The third-order valence-corrected chi connectivity index (χ3v) is 4.86. The van der Waals surface area contributed by atoms with Crippen molar-refractivity contribution >= 4 is 28.5 Å². The Bertz CT molecular complexity index is 1030. The molecule has 1 N–H and O–H groups in total. The minimum atomic E-state index is -0.350. The maximum Gasteiger partial charge on any atom is 0.283 e. The highest BCUT2D eigenvalue weighted by atomic mass is 32.2. The number of para-hydroxylation sites is 2. The van der Waals surface area contributed by atoms with Crippen molar-refractivity contribution in [1.82, 2.24) is 9.97 Å². The van der Waals surface area contributed by atoms with Gasteiger partial charge in [-0.3, -0.25) is 10.1 Å². The van der Waals surface area contributed by atoms with E-state index in [1.807, 2.05) is 60.7 Å². The standard InChI is InChI=1S/C19H13N3O2S/c23-22(24)17-12-13(19-20-15-8-4-5-9-16(15)21-19)10-11-18(17)25-14-6-2-1-3-7-14/h1-12H,(H,20,21). The van der Waals surface area contributed by atoms with Crippen molar-refractivity contribution in [2.75, 3.05) is 0 Å². The van der Waals surface area contributed by atoms with Gasteiger partial charge < -0.3 is 4.98 Å². The van der Waals surface area contributed by atoms with Gasteiger partial charge in [0.1, 0.15) is 5.82 Å². The molecule has 25 heavy (non-hydrogen) atoms. The Morgan fingerprint density at radius 3 is 2.48 bits per heavy atom. The van der Waals surface area contributed by atoms with Crippen LogP contribution in [0.25, 0.3) is 22.4 Å². The normalized spacial score (nSPS) is 10.9. The maximum atomic E-state index is 11.5. The van der Waals surface area contributed by atoms with Crippen LogP contribution in [0.1, 0.15) is 0 Å². The molecule has 1 aromatic heterocycles. The Morgan fingerprint density at radius 1 is 0.960 bits per heavy atom. The molecule has 0 amide bonds. The van der Waals surface area contributed by atoms with Crippen LogP contribution in [0.15, 0.2) is 82.6 Å². The number of benzene rings is 3. The number of fused-ring (bicyclic) bond motifs is 1. The van der Waals surface area contributed by atoms with Crippen LogP contribution in [0.3, 0.4) is 0 Å². The van der Waals surface area contributed by atoms with E-state index in [2.05, 4.69) is 9.97 Å². The highest BCUT2D eigenvalue weighted by Gasteiger charge is 2.17. The second-order valence-corrected chi connectivity index (χ2v) is 6.57. The molecular formula is C19H13N3O2S. The molecule has 0 fully saturated rings. The minimum Gasteiger partial charge on any atom is -0.338 e. The van der Waals surface area contributed by atoms with Gasteiger partial charge >= 0.3 is 0 Å². The SMILES string of the molecule is O=[N+]([O-])c1cc(-c2nc3ccccc3[nH]2)ccc1Sc1ccccc1. The van der Waals surface area contributed by atoms with Gasteiger partial charge in [0.05, 0.1) is 20.9 Å². The summed E-state index contributed by atoms with van der Waals surface area (Å²) in [5, 5.41) is 11.5. The fourth-order valence-electron chi connectivity index (χ4n) is 2.60. The zero-order chi connectivity index (χ0) is 17.2. The van der Waals surface area contributed by atoms with Crippen LogP contribution in [-0.4, -0.2) is 14.9 Å². The van der Waals surface area contributed by atoms with Crippen molar-refractivity contribution < 1.29 is 4.92 Å². The van der Waals surface area contributed by atoms with Gasteiger partial charge in [0.15, 0.2) is 0 Å². The maximum absolute atomic E-state index is 11.5. The first-order valence-electron chi connectivity index (χ1n) is 7.67. The fourth-order valence-corrected chi connectivity index (χ4v) is 3.52. The lowest BCUT2D eigenvalue weighted by Gasteiger charge is -2.05. The lowest BCUT2D eigenvalue weighted by Crippen LogP contribution is -1.92. The zero-order valence-corrected chi connectivity index (χ0v) is 13.9. The molecule has 0 spiro atoms. The molecule has 6 heteroatoms. The summed E-state index contributed by atoms with van der Waals surface area (Å²) in [4.78, 5) is 20.5. The quantitative estimate of drug-likeness (QED) is 0.402. The van der Waals surface area contributed by atoms with Crippen molar-refractivity contribution in [3.8, 4) is 11.4 Å². The molecule has 3 aromatic carbocycles. The number of nitro benzene ring substituents is 1. The molecule has 0 saturated carbocycles. The average molecular weight is 347 g/mol. The first-order valence-corrected chi connectivity index (χ1v) is 8.49. The van der Waals surface area contributed by atoms with Gasteiger partial charge in [0.2, 0.25) is 0 Å². The number of H-pyrrole nitrogens is 1. The van der Waals surface area contributed by atoms with Gasteiger partial charge in [-0.2, -0.15) is 0 Å². The molecule has 0 saturated heterocycles. The monoisotopic (exact) mass is 347 g/mol. The molecule has 0 unspecified atom stereocenters. The molecule has 0 aliphatic carbocycles. The summed E-state index contributed by atoms with van der Waals surface area (Å²) in [6.45, 7) is 0. The van der Waals surface area contributed by atoms with Crippen LogP contribution in [0.5, 0.6) is 0 Å². The predicted molar refractivity (Wildman–Crippen MR) is 98.7 cm³/mol. The van der Waals surface area contributed by atoms with Crippen molar-refractivity contribution in [2.45, 2.75) is 9.79 Å². The van der Waals surface area contributed by atoms with E-state index < -0.39 is 0 Å². The first kappa shape index (κ1) is 15.4. The van der Waals surface area contributed by atoms with E-state index >= 15 is 0 Å². The van der Waals surface area contributed by atoms with E-state index in [0.717, 1.165) is 15.9 Å². The third kappa shape index (κ3) is 3.12. The topological polar surface area (TPSA) is 71.8 Å². The predicted octanol–water partition coefficient (Wildman–Crippen LogP) is 5.29. The van der Waals surface area contributed by atoms with Gasteiger partial charge in [-0.25, -0.2) is 4.98 Å². The number of rotatable bonds is 4. The molecule has 0 aliphatic rings. The van der Waals surface area contributed by atoms with Crippen molar-refractivity contribution in [1.29, 1.82) is 0 Å². The number of imidazole rings is 1. The lowest BCUT2D eigenvalue weighted by atomic mass is 10.2. The first-order chi connectivity index (χ1) is 12.2. The molecule has 0 radical (unpaired) electrons. The summed E-state index contributed by atoms with van der Waals surface area (Å²) >= 11 is 1.38. The van der Waals surface area contributed by atoms with E-state index in [9.17, 15) is 10.1 Å². The largest absolute Gasteiger partial charge is 0.338 e. The Hall–Kier alpha value is -3.12. The van der Waals surface area contributed by atoms with Crippen molar-refractivity contribution in [3.63, 3.8) is 0 Å². The lowest BCUT2D eigenvalue weighted by molar-refractivity contribution is -0.387. The van der Waals surface area contributed by atoms with Crippen LogP contribution in [0.4, 0.5) is 5.69 Å². The van der Waals surface area contributed by atoms with Crippen LogP contribution in [-0.2, 0) is 0 Å². The van der Waals surface area contributed by atoms with Crippen LogP contribution < -0.4 is 0 Å². The summed E-state index contributed by atoms with van der Waals surface area (Å²) in [6, 6.07) is 22.5. The molecule has 0 bridgehead atoms. The summed E-state index contributed by atoms with van der Waals surface area (Å²) < 4.78 is 0. The van der Waals surface area contributed by atoms with Crippen LogP contribution in [0, 0.1) is 10.1 Å². The highest BCUT2D eigenvalue weighted by Crippen LogP contribution is 2.37. The van der Waals surface area contributed by atoms with E-state index in [1.54, 1.807) is 12.1 Å².